The molecule has 4 rings (SSSR count). The lowest BCUT2D eigenvalue weighted by atomic mass is 9.96. The van der Waals surface area contributed by atoms with Gasteiger partial charge in [0.25, 0.3) is 0 Å². The lowest BCUT2D eigenvalue weighted by Crippen LogP contribution is -2.22. The number of hydrogen-bond acceptors (Lipinski definition) is 5. The van der Waals surface area contributed by atoms with E-state index in [4.69, 9.17) is 4.74 Å². The molecule has 0 radical (unpaired) electrons. The maximum absolute atomic E-state index is 15.2. The molecule has 0 fully saturated rings. The minimum absolute atomic E-state index is 0.124. The molecule has 0 saturated heterocycles. The van der Waals surface area contributed by atoms with Crippen LogP contribution in [0.3, 0.4) is 0 Å². The van der Waals surface area contributed by atoms with E-state index in [2.05, 4.69) is 15.4 Å². The number of carbonyl (C=O) groups excluding carboxylic acids is 1. The predicted octanol–water partition coefficient (Wildman–Crippen LogP) is 5.83. The molecule has 0 aliphatic heterocycles. The average Bonchev–Trinajstić information content (AvgIpc) is 3.27. The summed E-state index contributed by atoms with van der Waals surface area (Å²) in [5.74, 6) is -0.00231. The van der Waals surface area contributed by atoms with Gasteiger partial charge in [0.1, 0.15) is 17.3 Å². The number of nitrogens with one attached hydrogen (secondary N) is 1. The molecule has 2 aromatic heterocycles. The van der Waals surface area contributed by atoms with Crippen LogP contribution in [0, 0.1) is 12.7 Å². The maximum atomic E-state index is 15.2. The van der Waals surface area contributed by atoms with Gasteiger partial charge in [0.05, 0.1) is 35.0 Å². The van der Waals surface area contributed by atoms with E-state index in [-0.39, 0.29) is 23.4 Å². The van der Waals surface area contributed by atoms with Crippen LogP contribution in [0.5, 0.6) is 11.5 Å². The van der Waals surface area contributed by atoms with Gasteiger partial charge in [0.2, 0.25) is 5.91 Å². The Bertz CT molecular complexity index is 1430. The van der Waals surface area contributed by atoms with E-state index < -0.39 is 11.4 Å². The average molecular weight is 491 g/mol. The molecule has 0 atom stereocenters. The van der Waals surface area contributed by atoms with Crippen LogP contribution in [0.15, 0.2) is 55.0 Å². The molecule has 0 aliphatic carbocycles. The van der Waals surface area contributed by atoms with Crippen molar-refractivity contribution in [1.82, 2.24) is 14.8 Å². The Morgan fingerprint density at radius 1 is 1.11 bits per heavy atom. The number of fused-ring (bicyclic) bond motifs is 1. The molecular weight excluding hydrogens is 459 g/mol. The highest BCUT2D eigenvalue weighted by molar-refractivity contribution is 5.92. The first-order valence-electron chi connectivity index (χ1n) is 11.8. The topological polar surface area (TPSA) is 89.3 Å². The van der Waals surface area contributed by atoms with Crippen LogP contribution in [0.1, 0.15) is 51.3 Å². The first-order valence-corrected chi connectivity index (χ1v) is 11.8. The van der Waals surface area contributed by atoms with Crippen LogP contribution < -0.4 is 10.1 Å². The van der Waals surface area contributed by atoms with Crippen molar-refractivity contribution in [3.8, 4) is 11.5 Å². The largest absolute Gasteiger partial charge is 0.456 e. The summed E-state index contributed by atoms with van der Waals surface area (Å²) in [7, 11) is 0. The van der Waals surface area contributed by atoms with Gasteiger partial charge in [-0.2, -0.15) is 5.10 Å². The van der Waals surface area contributed by atoms with Gasteiger partial charge >= 0.3 is 0 Å². The summed E-state index contributed by atoms with van der Waals surface area (Å²) in [6.45, 7) is 11.1. The van der Waals surface area contributed by atoms with Gasteiger partial charge in [0.15, 0.2) is 0 Å². The number of benzene rings is 2. The second-order valence-electron chi connectivity index (χ2n) is 10.4. The van der Waals surface area contributed by atoms with Crippen molar-refractivity contribution in [2.45, 2.75) is 59.1 Å². The Labute approximate surface area is 209 Å². The maximum Gasteiger partial charge on any atom is 0.228 e. The van der Waals surface area contributed by atoms with E-state index in [0.717, 1.165) is 0 Å². The Hall–Kier alpha value is -3.78. The summed E-state index contributed by atoms with van der Waals surface area (Å²) in [6.07, 6.45) is 4.82. The van der Waals surface area contributed by atoms with E-state index in [0.29, 0.717) is 39.2 Å². The number of nitrogens with zero attached hydrogens (tertiary/aromatic N) is 3. The molecule has 7 nitrogen and oxygen atoms in total. The molecule has 36 heavy (non-hydrogen) atoms. The summed E-state index contributed by atoms with van der Waals surface area (Å²) in [5.41, 5.74) is 1.29. The molecule has 8 heteroatoms. The van der Waals surface area contributed by atoms with Gasteiger partial charge in [-0.1, -0.05) is 12.1 Å². The number of rotatable bonds is 6. The van der Waals surface area contributed by atoms with Gasteiger partial charge < -0.3 is 15.2 Å². The highest BCUT2D eigenvalue weighted by Gasteiger charge is 2.19. The Kier molecular flexibility index (Phi) is 6.58. The minimum atomic E-state index is -1.03. The number of anilines is 1. The molecule has 2 heterocycles. The second-order valence-corrected chi connectivity index (χ2v) is 10.4. The Balaban J connectivity index is 1.54. The number of pyridine rings is 1. The van der Waals surface area contributed by atoms with E-state index in [1.807, 2.05) is 39.0 Å². The fourth-order valence-corrected chi connectivity index (χ4v) is 3.81. The molecule has 4 aromatic rings. The Morgan fingerprint density at radius 3 is 2.53 bits per heavy atom. The highest BCUT2D eigenvalue weighted by atomic mass is 19.1. The third-order valence-corrected chi connectivity index (χ3v) is 5.95. The van der Waals surface area contributed by atoms with Gasteiger partial charge in [0, 0.05) is 23.3 Å². The number of aromatic nitrogens is 3. The highest BCUT2D eigenvalue weighted by Crippen LogP contribution is 2.34. The standard InChI is InChI=1S/C28H31FN4O3/c1-17-23(36-24-11-12-30-22-9-8-19(14-21(22)24)28(5,6)35)10-7-18(26(17)29)13-25(34)32-20-15-31-33(16-20)27(2,3)4/h7-12,14-16,35H,13H2,1-6H3,(H,32,34). The molecule has 188 valence electrons. The zero-order valence-electron chi connectivity index (χ0n) is 21.4. The van der Waals surface area contributed by atoms with E-state index in [1.165, 1.54) is 0 Å². The van der Waals surface area contributed by atoms with Crippen molar-refractivity contribution in [2.75, 3.05) is 5.32 Å². The smallest absolute Gasteiger partial charge is 0.228 e. The minimum Gasteiger partial charge on any atom is -0.456 e. The van der Waals surface area contributed by atoms with Crippen LogP contribution in [0.4, 0.5) is 10.1 Å². The molecule has 0 unspecified atom stereocenters. The summed E-state index contributed by atoms with van der Waals surface area (Å²) >= 11 is 0. The van der Waals surface area contributed by atoms with Gasteiger partial charge in [-0.25, -0.2) is 4.39 Å². The number of ether oxygens (including phenoxy) is 1. The van der Waals surface area contributed by atoms with Crippen LogP contribution in [0.2, 0.25) is 0 Å². The quantitative estimate of drug-likeness (QED) is 0.355. The van der Waals surface area contributed by atoms with E-state index >= 15 is 4.39 Å². The fraction of sp³-hybridized carbons (Fsp3) is 0.321. The number of carbonyl (C=O) groups is 1. The van der Waals surface area contributed by atoms with Crippen molar-refractivity contribution in [2.24, 2.45) is 0 Å². The normalized spacial score (nSPS) is 12.1. The number of hydrogen-bond donors (Lipinski definition) is 2. The van der Waals surface area contributed by atoms with Crippen molar-refractivity contribution in [1.29, 1.82) is 0 Å². The van der Waals surface area contributed by atoms with E-state index in [1.54, 1.807) is 62.2 Å². The zero-order valence-corrected chi connectivity index (χ0v) is 21.4. The molecule has 1 amide bonds. The molecule has 0 bridgehead atoms. The first-order chi connectivity index (χ1) is 16.8. The van der Waals surface area contributed by atoms with Crippen LogP contribution in [0.25, 0.3) is 10.9 Å². The number of amides is 1. The molecular formula is C28H31FN4O3. The fourth-order valence-electron chi connectivity index (χ4n) is 3.81. The zero-order chi connectivity index (χ0) is 26.3. The second kappa shape index (κ2) is 9.35. The van der Waals surface area contributed by atoms with Crippen molar-refractivity contribution in [3.63, 3.8) is 0 Å². The molecule has 2 N–H and O–H groups in total. The van der Waals surface area contributed by atoms with Crippen LogP contribution in [-0.4, -0.2) is 25.8 Å². The summed E-state index contributed by atoms with van der Waals surface area (Å²) in [4.78, 5) is 16.9. The third-order valence-electron chi connectivity index (χ3n) is 5.95. The summed E-state index contributed by atoms with van der Waals surface area (Å²) in [6, 6.07) is 10.4. The van der Waals surface area contributed by atoms with Gasteiger partial charge in [-0.05, 0) is 76.9 Å². The van der Waals surface area contributed by atoms with Crippen molar-refractivity contribution < 1.29 is 19.0 Å². The Morgan fingerprint density at radius 2 is 1.86 bits per heavy atom. The monoisotopic (exact) mass is 490 g/mol. The van der Waals surface area contributed by atoms with Gasteiger partial charge in [-0.3, -0.25) is 14.5 Å². The van der Waals surface area contributed by atoms with Gasteiger partial charge in [-0.15, -0.1) is 0 Å². The summed E-state index contributed by atoms with van der Waals surface area (Å²) < 4.78 is 23.1. The molecule has 0 aliphatic rings. The molecule has 0 saturated carbocycles. The number of aliphatic hydroxyl groups is 1. The van der Waals surface area contributed by atoms with Crippen molar-refractivity contribution in [3.05, 3.63) is 77.5 Å². The SMILES string of the molecule is Cc1c(Oc2ccnc3ccc(C(C)(C)O)cc23)ccc(CC(=O)Nc2cnn(C(C)(C)C)c2)c1F. The summed E-state index contributed by atoms with van der Waals surface area (Å²) in [5, 5.41) is 18.1. The van der Waals surface area contributed by atoms with Crippen LogP contribution >= 0.6 is 0 Å². The van der Waals surface area contributed by atoms with Crippen LogP contribution in [-0.2, 0) is 22.4 Å². The first kappa shape index (κ1) is 25.3. The third kappa shape index (κ3) is 5.39. The number of halogens is 1. The van der Waals surface area contributed by atoms with E-state index in [9.17, 15) is 9.90 Å². The lowest BCUT2D eigenvalue weighted by molar-refractivity contribution is -0.115. The molecule has 2 aromatic carbocycles. The molecule has 0 spiro atoms. The van der Waals surface area contributed by atoms with Crippen molar-refractivity contribution >= 4 is 22.5 Å². The lowest BCUT2D eigenvalue weighted by Gasteiger charge is -2.19. The predicted molar refractivity (Wildman–Crippen MR) is 138 cm³/mol.